The Hall–Kier alpha value is 0.0769. The minimum atomic E-state index is -1.70. The standard InChI is InChI=1S/C21H37BrN2O2SSi/c1-8-15(2)27(25)24-20(18-10-9-11-19(22)23-18)17-12-16(13-17)14-26-28(6,7)21(3,4)5/h9-11,15-17,20,24H,8,12-14H2,1-7H3/t15?,16?,17?,20-,27?/m1/s1. The summed E-state index contributed by atoms with van der Waals surface area (Å²) in [6.07, 6.45) is 3.09. The Bertz CT molecular complexity index is 635. The smallest absolute Gasteiger partial charge is 0.191 e. The molecule has 0 bridgehead atoms. The van der Waals surface area contributed by atoms with Gasteiger partial charge in [0.05, 0.1) is 11.7 Å². The summed E-state index contributed by atoms with van der Waals surface area (Å²) in [5.41, 5.74) is 0.972. The Balaban J connectivity index is 2.00. The molecule has 1 heterocycles. The molecule has 160 valence electrons. The van der Waals surface area contributed by atoms with Gasteiger partial charge < -0.3 is 8.98 Å². The molecule has 4 nitrogen and oxygen atoms in total. The quantitative estimate of drug-likeness (QED) is 0.263. The van der Waals surface area contributed by atoms with Crippen molar-refractivity contribution in [3.8, 4) is 0 Å². The van der Waals surface area contributed by atoms with E-state index in [1.807, 2.05) is 25.1 Å². The summed E-state index contributed by atoms with van der Waals surface area (Å²) in [6, 6.07) is 6.00. The lowest BCUT2D eigenvalue weighted by Crippen LogP contribution is -2.46. The predicted octanol–water partition coefficient (Wildman–Crippen LogP) is 5.99. The van der Waals surface area contributed by atoms with E-state index < -0.39 is 19.7 Å². The molecule has 1 fully saturated rings. The zero-order valence-electron chi connectivity index (χ0n) is 18.4. The highest BCUT2D eigenvalue weighted by atomic mass is 79.9. The van der Waals surface area contributed by atoms with Crippen LogP contribution in [0.4, 0.5) is 0 Å². The largest absolute Gasteiger partial charge is 0.598 e. The first-order valence-electron chi connectivity index (χ1n) is 10.4. The van der Waals surface area contributed by atoms with Gasteiger partial charge >= 0.3 is 0 Å². The summed E-state index contributed by atoms with van der Waals surface area (Å²) < 4.78 is 23.3. The van der Waals surface area contributed by atoms with Crippen LogP contribution in [0.5, 0.6) is 0 Å². The molecule has 0 aliphatic heterocycles. The van der Waals surface area contributed by atoms with E-state index >= 15 is 0 Å². The number of pyridine rings is 1. The van der Waals surface area contributed by atoms with Crippen LogP contribution in [0.3, 0.4) is 0 Å². The van der Waals surface area contributed by atoms with Gasteiger partial charge in [-0.2, -0.15) is 0 Å². The lowest BCUT2D eigenvalue weighted by molar-refractivity contribution is 0.0908. The van der Waals surface area contributed by atoms with Gasteiger partial charge in [0.1, 0.15) is 9.85 Å². The number of nitrogens with zero attached hydrogens (tertiary/aromatic N) is 1. The normalized spacial score (nSPS) is 23.8. The number of aromatic nitrogens is 1. The highest BCUT2D eigenvalue weighted by molar-refractivity contribution is 9.10. The van der Waals surface area contributed by atoms with Crippen molar-refractivity contribution in [2.75, 3.05) is 6.61 Å². The SMILES string of the molecule is CCC(C)[S+]([O-])N[C@@H](c1cccc(Br)n1)C1CC(CO[Si](C)(C)C(C)(C)C)C1. The van der Waals surface area contributed by atoms with Gasteiger partial charge in [-0.05, 0) is 84.2 Å². The molecule has 1 saturated carbocycles. The highest BCUT2D eigenvalue weighted by Crippen LogP contribution is 2.44. The van der Waals surface area contributed by atoms with Crippen LogP contribution in [-0.4, -0.2) is 29.7 Å². The minimum Gasteiger partial charge on any atom is -0.598 e. The zero-order chi connectivity index (χ0) is 21.1. The zero-order valence-corrected chi connectivity index (χ0v) is 21.8. The molecule has 1 aromatic rings. The number of rotatable bonds is 9. The van der Waals surface area contributed by atoms with E-state index in [2.05, 4.69) is 66.4 Å². The van der Waals surface area contributed by atoms with Crippen molar-refractivity contribution in [2.24, 2.45) is 11.8 Å². The van der Waals surface area contributed by atoms with Crippen molar-refractivity contribution < 1.29 is 8.98 Å². The molecule has 1 N–H and O–H groups in total. The molecule has 28 heavy (non-hydrogen) atoms. The highest BCUT2D eigenvalue weighted by Gasteiger charge is 2.42. The number of halogens is 1. The summed E-state index contributed by atoms with van der Waals surface area (Å²) in [5, 5.41) is 0.376. The molecule has 2 unspecified atom stereocenters. The summed E-state index contributed by atoms with van der Waals surface area (Å²) in [4.78, 5) is 4.65. The van der Waals surface area contributed by atoms with Gasteiger partial charge in [-0.3, -0.25) is 0 Å². The molecule has 1 aliphatic rings. The Morgan fingerprint density at radius 1 is 1.36 bits per heavy atom. The van der Waals surface area contributed by atoms with Crippen molar-refractivity contribution in [1.29, 1.82) is 0 Å². The molecule has 0 aromatic carbocycles. The topological polar surface area (TPSA) is 57.2 Å². The summed E-state index contributed by atoms with van der Waals surface area (Å²) in [5.74, 6) is 1.04. The van der Waals surface area contributed by atoms with Crippen LogP contribution in [0.1, 0.15) is 65.6 Å². The van der Waals surface area contributed by atoms with Crippen LogP contribution in [0.25, 0.3) is 0 Å². The van der Waals surface area contributed by atoms with Crippen molar-refractivity contribution in [3.63, 3.8) is 0 Å². The number of nitrogens with one attached hydrogen (secondary N) is 1. The third-order valence-electron chi connectivity index (χ3n) is 6.47. The van der Waals surface area contributed by atoms with Crippen LogP contribution >= 0.6 is 15.9 Å². The van der Waals surface area contributed by atoms with E-state index in [0.717, 1.165) is 36.2 Å². The molecule has 0 saturated heterocycles. The Labute approximate surface area is 184 Å². The first-order chi connectivity index (χ1) is 12.9. The second kappa shape index (κ2) is 9.92. The van der Waals surface area contributed by atoms with Crippen LogP contribution in [-0.2, 0) is 15.8 Å². The van der Waals surface area contributed by atoms with Gasteiger partial charge in [-0.25, -0.2) is 4.98 Å². The molecule has 0 radical (unpaired) electrons. The number of hydrogen-bond donors (Lipinski definition) is 1. The maximum atomic E-state index is 12.7. The van der Waals surface area contributed by atoms with Crippen molar-refractivity contribution in [1.82, 2.24) is 9.71 Å². The van der Waals surface area contributed by atoms with Crippen LogP contribution in [0, 0.1) is 11.8 Å². The molecule has 1 aliphatic carbocycles. The summed E-state index contributed by atoms with van der Waals surface area (Å²) >= 11 is 2.41. The first kappa shape index (κ1) is 24.3. The Kier molecular flexibility index (Phi) is 8.63. The third kappa shape index (κ3) is 6.29. The molecular formula is C21H37BrN2O2SSi. The molecule has 0 spiro atoms. The molecule has 0 amide bonds. The van der Waals surface area contributed by atoms with Crippen LogP contribution in [0.15, 0.2) is 22.8 Å². The van der Waals surface area contributed by atoms with Gasteiger partial charge in [0.15, 0.2) is 8.32 Å². The third-order valence-corrected chi connectivity index (χ3v) is 13.0. The lowest BCUT2D eigenvalue weighted by atomic mass is 9.71. The molecule has 7 heteroatoms. The van der Waals surface area contributed by atoms with E-state index in [4.69, 9.17) is 4.43 Å². The fourth-order valence-corrected chi connectivity index (χ4v) is 5.67. The maximum Gasteiger partial charge on any atom is 0.191 e. The van der Waals surface area contributed by atoms with Gasteiger partial charge in [0.25, 0.3) is 0 Å². The van der Waals surface area contributed by atoms with Crippen LogP contribution in [0.2, 0.25) is 18.1 Å². The average Bonchev–Trinajstić information content (AvgIpc) is 2.57. The molecule has 3 atom stereocenters. The molecule has 2 rings (SSSR count). The van der Waals surface area contributed by atoms with E-state index in [1.54, 1.807) is 0 Å². The van der Waals surface area contributed by atoms with E-state index in [1.165, 1.54) is 0 Å². The second-order valence-electron chi connectivity index (χ2n) is 9.67. The van der Waals surface area contributed by atoms with Crippen molar-refractivity contribution >= 4 is 35.6 Å². The van der Waals surface area contributed by atoms with Gasteiger partial charge in [0, 0.05) is 18.0 Å². The van der Waals surface area contributed by atoms with Gasteiger partial charge in [-0.1, -0.05) is 33.8 Å². The lowest BCUT2D eigenvalue weighted by Gasteiger charge is -2.43. The second-order valence-corrected chi connectivity index (χ2v) is 16.9. The number of hydrogen-bond acceptors (Lipinski definition) is 4. The Morgan fingerprint density at radius 2 is 2.00 bits per heavy atom. The van der Waals surface area contributed by atoms with Gasteiger partial charge in [0.2, 0.25) is 0 Å². The fourth-order valence-electron chi connectivity index (χ4n) is 3.13. The predicted molar refractivity (Wildman–Crippen MR) is 125 cm³/mol. The maximum absolute atomic E-state index is 12.7. The molecular weight excluding hydrogens is 452 g/mol. The Morgan fingerprint density at radius 3 is 2.54 bits per heavy atom. The summed E-state index contributed by atoms with van der Waals surface area (Å²) in [6.45, 7) is 16.4. The average molecular weight is 490 g/mol. The van der Waals surface area contributed by atoms with Gasteiger partial charge in [-0.15, -0.1) is 4.72 Å². The summed E-state index contributed by atoms with van der Waals surface area (Å²) in [7, 11) is -1.70. The van der Waals surface area contributed by atoms with Crippen LogP contribution < -0.4 is 4.72 Å². The fraction of sp³-hybridized carbons (Fsp3) is 0.762. The van der Waals surface area contributed by atoms with Crippen molar-refractivity contribution in [2.45, 2.75) is 83.3 Å². The first-order valence-corrected chi connectivity index (χ1v) is 15.3. The van der Waals surface area contributed by atoms with Crippen molar-refractivity contribution in [3.05, 3.63) is 28.5 Å². The van der Waals surface area contributed by atoms with E-state index in [0.29, 0.717) is 11.8 Å². The molecule has 1 aromatic heterocycles. The van der Waals surface area contributed by atoms with E-state index in [9.17, 15) is 4.55 Å². The monoisotopic (exact) mass is 488 g/mol. The minimum absolute atomic E-state index is 0.0245. The van der Waals surface area contributed by atoms with E-state index in [-0.39, 0.29) is 16.3 Å².